The summed E-state index contributed by atoms with van der Waals surface area (Å²) in [7, 11) is 0. The highest BCUT2D eigenvalue weighted by molar-refractivity contribution is 7.97. The van der Waals surface area contributed by atoms with Gasteiger partial charge in [0.25, 0.3) is 0 Å². The zero-order valence-electron chi connectivity index (χ0n) is 6.78. The molecule has 1 heterocycles. The first kappa shape index (κ1) is 11.2. The maximum absolute atomic E-state index is 9.35. The Kier molecular flexibility index (Phi) is 3.92. The normalized spacial score (nSPS) is 42.2. The van der Waals surface area contributed by atoms with Crippen LogP contribution in [0.5, 0.6) is 0 Å². The van der Waals surface area contributed by atoms with Crippen LogP contribution in [0.3, 0.4) is 0 Å². The quantitative estimate of drug-likeness (QED) is 0.325. The molecule has 1 fully saturated rings. The summed E-state index contributed by atoms with van der Waals surface area (Å²) in [4.78, 5) is 0. The number of rotatable bonds is 3. The average molecular weight is 211 g/mol. The lowest BCUT2D eigenvalue weighted by Crippen LogP contribution is -2.40. The van der Waals surface area contributed by atoms with E-state index in [0.29, 0.717) is 0 Å². The number of hydrogen-bond acceptors (Lipinski definition) is 7. The van der Waals surface area contributed by atoms with E-state index in [2.05, 4.69) is 0 Å². The molecule has 1 aliphatic rings. The summed E-state index contributed by atoms with van der Waals surface area (Å²) in [6.45, 7) is -0.531. The van der Waals surface area contributed by atoms with Crippen molar-refractivity contribution in [3.05, 3.63) is 0 Å². The zero-order chi connectivity index (χ0) is 10.0. The van der Waals surface area contributed by atoms with Gasteiger partial charge in [0, 0.05) is 0 Å². The van der Waals surface area contributed by atoms with Gasteiger partial charge < -0.3 is 25.2 Å². The molecular weight excluding hydrogens is 198 g/mol. The third-order valence-corrected chi connectivity index (χ3v) is 2.62. The Bertz CT molecular complexity index is 171. The SMILES string of the molecule is NS[C@@H]1O[C@H]([C@H](O)CO)[C@H](O)[C@H]1O. The summed E-state index contributed by atoms with van der Waals surface area (Å²) in [5.41, 5.74) is -0.763. The predicted molar refractivity (Wildman–Crippen MR) is 45.5 cm³/mol. The highest BCUT2D eigenvalue weighted by atomic mass is 32.2. The van der Waals surface area contributed by atoms with Gasteiger partial charge in [-0.3, -0.25) is 5.14 Å². The first-order chi connectivity index (χ1) is 6.11. The van der Waals surface area contributed by atoms with Crippen LogP contribution < -0.4 is 5.14 Å². The molecule has 1 rings (SSSR count). The van der Waals surface area contributed by atoms with Gasteiger partial charge in [-0.2, -0.15) is 0 Å². The van der Waals surface area contributed by atoms with Crippen molar-refractivity contribution in [2.75, 3.05) is 6.61 Å². The van der Waals surface area contributed by atoms with Crippen LogP contribution in [-0.4, -0.2) is 56.9 Å². The Balaban J connectivity index is 2.60. The van der Waals surface area contributed by atoms with Gasteiger partial charge in [0.2, 0.25) is 0 Å². The molecule has 0 radical (unpaired) electrons. The molecule has 1 saturated heterocycles. The number of aliphatic hydroxyl groups excluding tert-OH is 4. The fourth-order valence-corrected chi connectivity index (χ4v) is 1.72. The Morgan fingerprint density at radius 2 is 2.00 bits per heavy atom. The first-order valence-corrected chi connectivity index (χ1v) is 4.72. The zero-order valence-corrected chi connectivity index (χ0v) is 7.59. The maximum Gasteiger partial charge on any atom is 0.145 e. The fraction of sp³-hybridized carbons (Fsp3) is 1.00. The van der Waals surface area contributed by atoms with E-state index in [1.54, 1.807) is 0 Å². The van der Waals surface area contributed by atoms with E-state index in [-0.39, 0.29) is 0 Å². The molecule has 78 valence electrons. The van der Waals surface area contributed by atoms with Crippen LogP contribution in [0, 0.1) is 0 Å². The van der Waals surface area contributed by atoms with E-state index in [1.807, 2.05) is 0 Å². The van der Waals surface area contributed by atoms with Crippen molar-refractivity contribution in [2.45, 2.75) is 29.9 Å². The summed E-state index contributed by atoms with van der Waals surface area (Å²) in [5.74, 6) is 0. The van der Waals surface area contributed by atoms with Crippen LogP contribution in [0.15, 0.2) is 0 Å². The van der Waals surface area contributed by atoms with Gasteiger partial charge in [-0.25, -0.2) is 0 Å². The predicted octanol–water partition coefficient (Wildman–Crippen LogP) is -2.61. The monoisotopic (exact) mass is 211 g/mol. The van der Waals surface area contributed by atoms with Crippen molar-refractivity contribution in [1.82, 2.24) is 0 Å². The Labute approximate surface area is 79.4 Å². The van der Waals surface area contributed by atoms with Crippen molar-refractivity contribution in [3.63, 3.8) is 0 Å². The molecule has 0 bridgehead atoms. The van der Waals surface area contributed by atoms with Gasteiger partial charge >= 0.3 is 0 Å². The summed E-state index contributed by atoms with van der Waals surface area (Å²) in [6.07, 6.45) is -4.55. The minimum atomic E-state index is -1.22. The lowest BCUT2D eigenvalue weighted by atomic mass is 10.1. The van der Waals surface area contributed by atoms with Crippen LogP contribution >= 0.6 is 11.9 Å². The highest BCUT2D eigenvalue weighted by Crippen LogP contribution is 2.28. The van der Waals surface area contributed by atoms with Gasteiger partial charge in [-0.15, -0.1) is 0 Å². The Hall–Kier alpha value is 0.110. The lowest BCUT2D eigenvalue weighted by Gasteiger charge is -2.18. The van der Waals surface area contributed by atoms with Gasteiger partial charge in [-0.1, -0.05) is 0 Å². The molecule has 0 unspecified atom stereocenters. The minimum absolute atomic E-state index is 0.531. The summed E-state index contributed by atoms with van der Waals surface area (Å²) < 4.78 is 5.02. The molecule has 0 spiro atoms. The molecule has 7 heteroatoms. The van der Waals surface area contributed by atoms with Crippen molar-refractivity contribution < 1.29 is 25.2 Å². The van der Waals surface area contributed by atoms with Crippen molar-refractivity contribution in [1.29, 1.82) is 0 Å². The van der Waals surface area contributed by atoms with Crippen LogP contribution in [0.1, 0.15) is 0 Å². The smallest absolute Gasteiger partial charge is 0.145 e. The van der Waals surface area contributed by atoms with Gasteiger partial charge in [0.15, 0.2) is 0 Å². The lowest BCUT2D eigenvalue weighted by molar-refractivity contribution is -0.0713. The number of aliphatic hydroxyl groups is 4. The standard InChI is InChI=1S/C6H13NO5S/c7-13-6-4(11)3(10)5(12-6)2(9)1-8/h2-6,8-11H,1,7H2/t2-,3-,4-,5-,6+/m1/s1. The molecule has 5 atom stereocenters. The fourth-order valence-electron chi connectivity index (χ4n) is 1.21. The number of hydrogen-bond donors (Lipinski definition) is 5. The van der Waals surface area contributed by atoms with Gasteiger partial charge in [0.1, 0.15) is 29.9 Å². The third kappa shape index (κ3) is 2.13. The minimum Gasteiger partial charge on any atom is -0.394 e. The van der Waals surface area contributed by atoms with E-state index in [1.165, 1.54) is 0 Å². The first-order valence-electron chi connectivity index (χ1n) is 3.78. The van der Waals surface area contributed by atoms with Crippen LogP contribution in [-0.2, 0) is 4.74 Å². The molecule has 0 amide bonds. The van der Waals surface area contributed by atoms with E-state index in [4.69, 9.17) is 20.1 Å². The second kappa shape index (κ2) is 4.56. The second-order valence-electron chi connectivity index (χ2n) is 2.84. The summed E-state index contributed by atoms with van der Waals surface area (Å²) >= 11 is 0.751. The average Bonchev–Trinajstić information content (AvgIpc) is 2.43. The topological polar surface area (TPSA) is 116 Å². The molecule has 6 N–H and O–H groups in total. The largest absolute Gasteiger partial charge is 0.394 e. The van der Waals surface area contributed by atoms with Gasteiger partial charge in [-0.05, 0) is 11.9 Å². The molecule has 0 aromatic rings. The molecule has 6 nitrogen and oxygen atoms in total. The van der Waals surface area contributed by atoms with Crippen LogP contribution in [0.25, 0.3) is 0 Å². The highest BCUT2D eigenvalue weighted by Gasteiger charge is 2.45. The van der Waals surface area contributed by atoms with E-state index in [9.17, 15) is 10.2 Å². The van der Waals surface area contributed by atoms with Crippen molar-refractivity contribution >= 4 is 11.9 Å². The van der Waals surface area contributed by atoms with Crippen molar-refractivity contribution in [2.24, 2.45) is 5.14 Å². The van der Waals surface area contributed by atoms with E-state index in [0.717, 1.165) is 11.9 Å². The molecule has 13 heavy (non-hydrogen) atoms. The molecule has 0 aromatic carbocycles. The Morgan fingerprint density at radius 1 is 1.38 bits per heavy atom. The second-order valence-corrected chi connectivity index (χ2v) is 3.57. The molecule has 0 saturated carbocycles. The number of nitrogens with two attached hydrogens (primary N) is 1. The third-order valence-electron chi connectivity index (χ3n) is 1.96. The van der Waals surface area contributed by atoms with Crippen molar-refractivity contribution in [3.8, 4) is 0 Å². The molecular formula is C6H13NO5S. The van der Waals surface area contributed by atoms with E-state index < -0.39 is 36.5 Å². The van der Waals surface area contributed by atoms with Gasteiger partial charge in [0.05, 0.1) is 6.61 Å². The number of ether oxygens (including phenoxy) is 1. The van der Waals surface area contributed by atoms with E-state index >= 15 is 0 Å². The van der Waals surface area contributed by atoms with Crippen LogP contribution in [0.4, 0.5) is 0 Å². The molecule has 0 aromatic heterocycles. The molecule has 1 aliphatic heterocycles. The molecule has 0 aliphatic carbocycles. The summed E-state index contributed by atoms with van der Waals surface area (Å²) in [5, 5.41) is 41.6. The Morgan fingerprint density at radius 3 is 2.38 bits per heavy atom. The maximum atomic E-state index is 9.35. The van der Waals surface area contributed by atoms with Crippen LogP contribution in [0.2, 0.25) is 0 Å². The summed E-state index contributed by atoms with van der Waals surface area (Å²) in [6, 6.07) is 0.